The Morgan fingerprint density at radius 3 is 2.70 bits per heavy atom. The third kappa shape index (κ3) is 1.87. The zero-order valence-corrected chi connectivity index (χ0v) is 13.6. The molecule has 1 fully saturated rings. The Bertz CT molecular complexity index is 773. The molecule has 2 aromatic carbocycles. The summed E-state index contributed by atoms with van der Waals surface area (Å²) in [5.74, 6) is 3.11. The van der Waals surface area contributed by atoms with E-state index in [-0.39, 0.29) is 17.6 Å². The van der Waals surface area contributed by atoms with Gasteiger partial charge in [-0.05, 0) is 30.5 Å². The minimum Gasteiger partial charge on any atom is -0.357 e. The van der Waals surface area contributed by atoms with Crippen LogP contribution in [-0.4, -0.2) is 19.9 Å². The Hall–Kier alpha value is -2.24. The van der Waals surface area contributed by atoms with Crippen LogP contribution in [0.1, 0.15) is 29.0 Å². The highest BCUT2D eigenvalue weighted by Crippen LogP contribution is 2.57. The van der Waals surface area contributed by atoms with Gasteiger partial charge < -0.3 is 9.64 Å². The van der Waals surface area contributed by atoms with E-state index in [0.717, 1.165) is 13.0 Å². The van der Waals surface area contributed by atoms with Gasteiger partial charge in [0.25, 0.3) is 0 Å². The van der Waals surface area contributed by atoms with Gasteiger partial charge in [0.05, 0.1) is 17.9 Å². The summed E-state index contributed by atoms with van der Waals surface area (Å²) >= 11 is 0. The van der Waals surface area contributed by atoms with Gasteiger partial charge in [-0.1, -0.05) is 53.9 Å². The fourth-order valence-electron chi connectivity index (χ4n) is 4.38. The molecule has 4 rings (SSSR count). The van der Waals surface area contributed by atoms with Crippen molar-refractivity contribution in [3.8, 4) is 12.3 Å². The second-order valence-electron chi connectivity index (χ2n) is 6.65. The number of likely N-dealkylation sites (N-methyl/N-ethyl adjacent to an activating group) is 1. The second kappa shape index (κ2) is 5.15. The largest absolute Gasteiger partial charge is 0.357 e. The number of ether oxygens (including phenoxy) is 1. The number of fused-ring (bicyclic) bond motifs is 3. The highest BCUT2D eigenvalue weighted by atomic mass is 16.5. The van der Waals surface area contributed by atoms with Gasteiger partial charge in [-0.15, -0.1) is 6.42 Å². The third-order valence-electron chi connectivity index (χ3n) is 5.46. The molecule has 0 spiro atoms. The van der Waals surface area contributed by atoms with Gasteiger partial charge in [-0.25, -0.2) is 0 Å². The number of rotatable bonds is 2. The van der Waals surface area contributed by atoms with Crippen LogP contribution in [0.2, 0.25) is 0 Å². The predicted octanol–water partition coefficient (Wildman–Crippen LogP) is 3.85. The molecule has 2 heterocycles. The van der Waals surface area contributed by atoms with E-state index in [4.69, 9.17) is 11.2 Å². The third-order valence-corrected chi connectivity index (χ3v) is 5.46. The van der Waals surface area contributed by atoms with Crippen molar-refractivity contribution in [1.82, 2.24) is 0 Å². The van der Waals surface area contributed by atoms with E-state index in [9.17, 15) is 0 Å². The lowest BCUT2D eigenvalue weighted by atomic mass is 9.67. The summed E-state index contributed by atoms with van der Waals surface area (Å²) in [6, 6.07) is 17.2. The first kappa shape index (κ1) is 14.4. The molecule has 0 N–H and O–H groups in total. The van der Waals surface area contributed by atoms with E-state index >= 15 is 0 Å². The first-order valence-electron chi connectivity index (χ1n) is 8.15. The molecule has 0 saturated carbocycles. The number of aryl methyl sites for hydroxylation is 1. The smallest absolute Gasteiger partial charge is 0.141 e. The van der Waals surface area contributed by atoms with Crippen LogP contribution >= 0.6 is 0 Å². The SMILES string of the molecule is C#CC(c1ccc(C)cc1)C12CCOC1N(C)c1ccccc12. The van der Waals surface area contributed by atoms with E-state index in [1.54, 1.807) is 0 Å². The fourth-order valence-corrected chi connectivity index (χ4v) is 4.38. The fraction of sp³-hybridized carbons (Fsp3) is 0.333. The Balaban J connectivity index is 1.91. The number of para-hydroxylation sites is 1. The Morgan fingerprint density at radius 2 is 1.96 bits per heavy atom. The van der Waals surface area contributed by atoms with Crippen molar-refractivity contribution in [2.75, 3.05) is 18.6 Å². The molecule has 0 radical (unpaired) electrons. The summed E-state index contributed by atoms with van der Waals surface area (Å²) < 4.78 is 6.13. The Labute approximate surface area is 138 Å². The van der Waals surface area contributed by atoms with Crippen molar-refractivity contribution in [2.45, 2.75) is 30.9 Å². The maximum Gasteiger partial charge on any atom is 0.141 e. The monoisotopic (exact) mass is 303 g/mol. The summed E-state index contributed by atoms with van der Waals surface area (Å²) in [5, 5.41) is 0. The molecule has 3 unspecified atom stereocenters. The number of anilines is 1. The highest BCUT2D eigenvalue weighted by molar-refractivity contribution is 5.66. The molecule has 2 heteroatoms. The first-order chi connectivity index (χ1) is 11.2. The van der Waals surface area contributed by atoms with Gasteiger partial charge in [0.1, 0.15) is 6.23 Å². The van der Waals surface area contributed by atoms with Crippen molar-refractivity contribution in [3.05, 3.63) is 65.2 Å². The van der Waals surface area contributed by atoms with Crippen LogP contribution in [-0.2, 0) is 10.2 Å². The lowest BCUT2D eigenvalue weighted by molar-refractivity contribution is 0.0844. The average molecular weight is 303 g/mol. The average Bonchev–Trinajstić information content (AvgIpc) is 3.10. The summed E-state index contributed by atoms with van der Waals surface area (Å²) in [4.78, 5) is 2.25. The van der Waals surface area contributed by atoms with Gasteiger partial charge in [-0.3, -0.25) is 0 Å². The van der Waals surface area contributed by atoms with Crippen LogP contribution in [0, 0.1) is 19.3 Å². The van der Waals surface area contributed by atoms with Crippen molar-refractivity contribution < 1.29 is 4.74 Å². The van der Waals surface area contributed by atoms with Gasteiger partial charge in [0.15, 0.2) is 0 Å². The highest BCUT2D eigenvalue weighted by Gasteiger charge is 2.58. The minimum atomic E-state index is -0.157. The van der Waals surface area contributed by atoms with E-state index in [1.165, 1.54) is 22.4 Å². The molecule has 0 aromatic heterocycles. The maximum atomic E-state index is 6.13. The standard InChI is InChI=1S/C21H21NO/c1-4-17(16-11-9-15(2)10-12-16)21-13-14-23-20(21)22(3)19-8-6-5-7-18(19)21/h1,5-12,17,20H,13-14H2,2-3H3. The number of terminal acetylenes is 1. The molecule has 23 heavy (non-hydrogen) atoms. The van der Waals surface area contributed by atoms with Crippen molar-refractivity contribution in [3.63, 3.8) is 0 Å². The van der Waals surface area contributed by atoms with E-state index in [2.05, 4.69) is 73.3 Å². The van der Waals surface area contributed by atoms with E-state index in [0.29, 0.717) is 0 Å². The van der Waals surface area contributed by atoms with Crippen LogP contribution in [0.15, 0.2) is 48.5 Å². The van der Waals surface area contributed by atoms with Crippen LogP contribution in [0.5, 0.6) is 0 Å². The van der Waals surface area contributed by atoms with Crippen molar-refractivity contribution in [2.24, 2.45) is 0 Å². The van der Waals surface area contributed by atoms with Crippen molar-refractivity contribution >= 4 is 5.69 Å². The molecule has 116 valence electrons. The molecule has 0 aliphatic carbocycles. The summed E-state index contributed by atoms with van der Waals surface area (Å²) in [7, 11) is 2.11. The molecule has 2 aliphatic rings. The zero-order chi connectivity index (χ0) is 16.0. The number of benzene rings is 2. The number of nitrogens with zero attached hydrogens (tertiary/aromatic N) is 1. The maximum absolute atomic E-state index is 6.13. The molecule has 0 bridgehead atoms. The molecule has 2 aliphatic heterocycles. The molecule has 2 nitrogen and oxygen atoms in total. The lowest BCUT2D eigenvalue weighted by Crippen LogP contribution is -2.43. The predicted molar refractivity (Wildman–Crippen MR) is 93.6 cm³/mol. The summed E-state index contributed by atoms with van der Waals surface area (Å²) in [6.07, 6.45) is 7.03. The quantitative estimate of drug-likeness (QED) is 0.782. The molecule has 0 amide bonds. The second-order valence-corrected chi connectivity index (χ2v) is 6.65. The van der Waals surface area contributed by atoms with Crippen LogP contribution in [0.25, 0.3) is 0 Å². The van der Waals surface area contributed by atoms with Crippen LogP contribution in [0.3, 0.4) is 0 Å². The Morgan fingerprint density at radius 1 is 1.22 bits per heavy atom. The van der Waals surface area contributed by atoms with E-state index < -0.39 is 0 Å². The lowest BCUT2D eigenvalue weighted by Gasteiger charge is -2.35. The molecule has 3 atom stereocenters. The van der Waals surface area contributed by atoms with Gasteiger partial charge >= 0.3 is 0 Å². The van der Waals surface area contributed by atoms with Crippen molar-refractivity contribution in [1.29, 1.82) is 0 Å². The topological polar surface area (TPSA) is 12.5 Å². The van der Waals surface area contributed by atoms with Crippen LogP contribution < -0.4 is 4.90 Å². The van der Waals surface area contributed by atoms with E-state index in [1.807, 2.05) is 0 Å². The molecular weight excluding hydrogens is 282 g/mol. The normalized spacial score (nSPS) is 26.5. The van der Waals surface area contributed by atoms with Gasteiger partial charge in [0, 0.05) is 12.7 Å². The number of hydrogen-bond donors (Lipinski definition) is 0. The first-order valence-corrected chi connectivity index (χ1v) is 8.15. The Kier molecular flexibility index (Phi) is 3.21. The minimum absolute atomic E-state index is 0.0155. The number of hydrogen-bond acceptors (Lipinski definition) is 2. The van der Waals surface area contributed by atoms with Gasteiger partial charge in [0.2, 0.25) is 0 Å². The molecular formula is C21H21NO. The summed E-state index contributed by atoms with van der Waals surface area (Å²) in [6.45, 7) is 2.86. The molecule has 1 saturated heterocycles. The van der Waals surface area contributed by atoms with Gasteiger partial charge in [-0.2, -0.15) is 0 Å². The van der Waals surface area contributed by atoms with Crippen LogP contribution in [0.4, 0.5) is 5.69 Å². The zero-order valence-electron chi connectivity index (χ0n) is 13.6. The summed E-state index contributed by atoms with van der Waals surface area (Å²) in [5.41, 5.74) is 4.87. The molecule has 2 aromatic rings.